The largest absolute Gasteiger partial charge is 0.338 e. The van der Waals surface area contributed by atoms with Crippen LogP contribution in [0.25, 0.3) is 0 Å². The van der Waals surface area contributed by atoms with Gasteiger partial charge in [-0.1, -0.05) is 57.7 Å². The van der Waals surface area contributed by atoms with Gasteiger partial charge in [-0.2, -0.15) is 0 Å². The summed E-state index contributed by atoms with van der Waals surface area (Å²) >= 11 is 0. The molecule has 0 saturated heterocycles. The normalized spacial score (nSPS) is 22.6. The first kappa shape index (κ1) is 15.6. The molecule has 0 aromatic heterocycles. The van der Waals surface area contributed by atoms with Crippen LogP contribution in [-0.2, 0) is 0 Å². The number of para-hydroxylation sites is 1. The summed E-state index contributed by atoms with van der Waals surface area (Å²) in [6.45, 7) is 13.1. The Morgan fingerprint density at radius 3 is 2.43 bits per heavy atom. The molecule has 0 aliphatic carbocycles. The van der Waals surface area contributed by atoms with E-state index in [1.807, 2.05) is 6.08 Å². The number of nitrogens with zero attached hydrogens (tertiary/aromatic N) is 1. The van der Waals surface area contributed by atoms with Gasteiger partial charge in [0.25, 0.3) is 0 Å². The maximum atomic E-state index is 4.05. The van der Waals surface area contributed by atoms with Gasteiger partial charge < -0.3 is 4.90 Å². The van der Waals surface area contributed by atoms with Crippen LogP contribution in [0.4, 0.5) is 5.69 Å². The highest BCUT2D eigenvalue weighted by molar-refractivity contribution is 5.62. The van der Waals surface area contributed by atoms with E-state index in [-0.39, 0.29) is 0 Å². The van der Waals surface area contributed by atoms with E-state index < -0.39 is 0 Å². The first-order valence-corrected chi connectivity index (χ1v) is 7.93. The topological polar surface area (TPSA) is 3.24 Å². The Balaban J connectivity index is 2.51. The van der Waals surface area contributed by atoms with Crippen LogP contribution in [0.5, 0.6) is 0 Å². The molecular formula is C20H27N. The summed E-state index contributed by atoms with van der Waals surface area (Å²) in [7, 11) is 0. The number of allylic oxidation sites excluding steroid dienone is 3. The van der Waals surface area contributed by atoms with Crippen LogP contribution >= 0.6 is 0 Å². The zero-order valence-electron chi connectivity index (χ0n) is 13.7. The van der Waals surface area contributed by atoms with E-state index in [1.54, 1.807) is 0 Å². The molecule has 0 fully saturated rings. The van der Waals surface area contributed by atoms with Crippen molar-refractivity contribution in [2.24, 2.45) is 11.8 Å². The van der Waals surface area contributed by atoms with Gasteiger partial charge in [-0.25, -0.2) is 0 Å². The van der Waals surface area contributed by atoms with Crippen molar-refractivity contribution in [1.29, 1.82) is 0 Å². The summed E-state index contributed by atoms with van der Waals surface area (Å²) in [4.78, 5) is 2.50. The Kier molecular flexibility index (Phi) is 5.06. The Bertz CT molecular complexity index is 536. The SMILES string of the molecule is C=CC1=C(/C=C\C)N(c2ccccc2)C(CC(C)C)C1C. The van der Waals surface area contributed by atoms with E-state index in [9.17, 15) is 0 Å². The van der Waals surface area contributed by atoms with Crippen molar-refractivity contribution in [2.75, 3.05) is 4.90 Å². The summed E-state index contributed by atoms with van der Waals surface area (Å²) in [5.74, 6) is 1.19. The molecule has 1 aliphatic rings. The number of hydrogen-bond donors (Lipinski definition) is 0. The molecular weight excluding hydrogens is 254 g/mol. The lowest BCUT2D eigenvalue weighted by Gasteiger charge is -2.32. The molecule has 0 spiro atoms. The van der Waals surface area contributed by atoms with E-state index in [0.717, 1.165) is 0 Å². The van der Waals surface area contributed by atoms with Crippen molar-refractivity contribution in [3.05, 3.63) is 66.4 Å². The Morgan fingerprint density at radius 2 is 1.90 bits per heavy atom. The van der Waals surface area contributed by atoms with Crippen LogP contribution in [0, 0.1) is 11.8 Å². The molecule has 2 rings (SSSR count). The fourth-order valence-corrected chi connectivity index (χ4v) is 3.32. The highest BCUT2D eigenvalue weighted by Crippen LogP contribution is 2.41. The van der Waals surface area contributed by atoms with Gasteiger partial charge in [0.2, 0.25) is 0 Å². The minimum Gasteiger partial charge on any atom is -0.338 e. The highest BCUT2D eigenvalue weighted by Gasteiger charge is 2.36. The lowest BCUT2D eigenvalue weighted by atomic mass is 9.90. The molecule has 112 valence electrons. The summed E-state index contributed by atoms with van der Waals surface area (Å²) in [6.07, 6.45) is 7.57. The van der Waals surface area contributed by atoms with Gasteiger partial charge in [0.05, 0.1) is 0 Å². The molecule has 1 aromatic rings. The second-order valence-electron chi connectivity index (χ2n) is 6.24. The molecule has 2 unspecified atom stereocenters. The Morgan fingerprint density at radius 1 is 1.24 bits per heavy atom. The van der Waals surface area contributed by atoms with Crippen LogP contribution in [0.2, 0.25) is 0 Å². The van der Waals surface area contributed by atoms with E-state index in [1.165, 1.54) is 23.4 Å². The van der Waals surface area contributed by atoms with E-state index >= 15 is 0 Å². The first-order valence-electron chi connectivity index (χ1n) is 7.93. The number of hydrogen-bond acceptors (Lipinski definition) is 1. The van der Waals surface area contributed by atoms with Crippen molar-refractivity contribution in [2.45, 2.75) is 40.2 Å². The van der Waals surface area contributed by atoms with Crippen molar-refractivity contribution < 1.29 is 0 Å². The van der Waals surface area contributed by atoms with Crippen LogP contribution in [-0.4, -0.2) is 6.04 Å². The lowest BCUT2D eigenvalue weighted by Crippen LogP contribution is -2.34. The van der Waals surface area contributed by atoms with Crippen molar-refractivity contribution in [1.82, 2.24) is 0 Å². The second-order valence-corrected chi connectivity index (χ2v) is 6.24. The summed E-state index contributed by atoms with van der Waals surface area (Å²) in [5, 5.41) is 0. The zero-order valence-corrected chi connectivity index (χ0v) is 13.7. The van der Waals surface area contributed by atoms with Gasteiger partial charge in [-0.05, 0) is 43.0 Å². The third-order valence-corrected chi connectivity index (χ3v) is 4.25. The number of benzene rings is 1. The van der Waals surface area contributed by atoms with Gasteiger partial charge in [0.1, 0.15) is 0 Å². The third-order valence-electron chi connectivity index (χ3n) is 4.25. The van der Waals surface area contributed by atoms with E-state index in [4.69, 9.17) is 0 Å². The zero-order chi connectivity index (χ0) is 15.4. The molecule has 1 nitrogen and oxygen atoms in total. The van der Waals surface area contributed by atoms with Gasteiger partial charge in [0, 0.05) is 23.3 Å². The van der Waals surface area contributed by atoms with Crippen molar-refractivity contribution in [3.8, 4) is 0 Å². The molecule has 0 amide bonds. The molecule has 0 saturated carbocycles. The van der Waals surface area contributed by atoms with E-state index in [0.29, 0.717) is 17.9 Å². The lowest BCUT2D eigenvalue weighted by molar-refractivity contribution is 0.435. The Hall–Kier alpha value is -1.76. The molecule has 1 heteroatoms. The maximum Gasteiger partial charge on any atom is 0.0446 e. The third kappa shape index (κ3) is 3.12. The van der Waals surface area contributed by atoms with Gasteiger partial charge in [-0.3, -0.25) is 0 Å². The molecule has 2 atom stereocenters. The molecule has 0 bridgehead atoms. The molecule has 0 N–H and O–H groups in total. The smallest absolute Gasteiger partial charge is 0.0446 e. The van der Waals surface area contributed by atoms with Gasteiger partial charge in [-0.15, -0.1) is 0 Å². The minimum atomic E-state index is 0.506. The standard InChI is InChI=1S/C20H27N/c1-6-11-19-18(7-2)16(5)20(14-15(3)4)21(19)17-12-9-8-10-13-17/h6-13,15-16,20H,2,14H2,1,3-5H3/b11-6-. The predicted molar refractivity (Wildman–Crippen MR) is 93.4 cm³/mol. The highest BCUT2D eigenvalue weighted by atomic mass is 15.2. The van der Waals surface area contributed by atoms with Crippen molar-refractivity contribution >= 4 is 5.69 Å². The van der Waals surface area contributed by atoms with Crippen LogP contribution in [0.15, 0.2) is 66.4 Å². The van der Waals surface area contributed by atoms with E-state index in [2.05, 4.69) is 81.7 Å². The summed E-state index contributed by atoms with van der Waals surface area (Å²) in [6, 6.07) is 11.2. The Labute approximate surface area is 129 Å². The van der Waals surface area contributed by atoms with Crippen LogP contribution < -0.4 is 4.90 Å². The fraction of sp³-hybridized carbons (Fsp3) is 0.400. The minimum absolute atomic E-state index is 0.506. The molecule has 0 radical (unpaired) electrons. The second kappa shape index (κ2) is 6.80. The average Bonchev–Trinajstić information content (AvgIpc) is 2.72. The number of rotatable bonds is 5. The quantitative estimate of drug-likeness (QED) is 0.681. The van der Waals surface area contributed by atoms with Crippen LogP contribution in [0.3, 0.4) is 0 Å². The molecule has 21 heavy (non-hydrogen) atoms. The maximum absolute atomic E-state index is 4.05. The monoisotopic (exact) mass is 281 g/mol. The van der Waals surface area contributed by atoms with Crippen LogP contribution in [0.1, 0.15) is 34.1 Å². The summed E-state index contributed by atoms with van der Waals surface area (Å²) < 4.78 is 0. The molecule has 1 heterocycles. The van der Waals surface area contributed by atoms with Crippen molar-refractivity contribution in [3.63, 3.8) is 0 Å². The van der Waals surface area contributed by atoms with Gasteiger partial charge in [0.15, 0.2) is 0 Å². The fourth-order valence-electron chi connectivity index (χ4n) is 3.32. The molecule has 1 aromatic carbocycles. The predicted octanol–water partition coefficient (Wildman–Crippen LogP) is 5.57. The molecule has 1 aliphatic heterocycles. The average molecular weight is 281 g/mol. The first-order chi connectivity index (χ1) is 10.1. The summed E-state index contributed by atoms with van der Waals surface area (Å²) in [5.41, 5.74) is 3.94. The van der Waals surface area contributed by atoms with Gasteiger partial charge >= 0.3 is 0 Å². The number of anilines is 1.